The summed E-state index contributed by atoms with van der Waals surface area (Å²) in [5.41, 5.74) is 2.77. The lowest BCUT2D eigenvalue weighted by Crippen LogP contribution is -2.31. The summed E-state index contributed by atoms with van der Waals surface area (Å²) in [5, 5.41) is 6.16. The van der Waals surface area contributed by atoms with Gasteiger partial charge in [-0.1, -0.05) is 42.5 Å². The van der Waals surface area contributed by atoms with Crippen LogP contribution < -0.4 is 10.6 Å². The number of para-hydroxylation sites is 2. The van der Waals surface area contributed by atoms with Gasteiger partial charge in [-0.3, -0.25) is 4.79 Å². The fourth-order valence-electron chi connectivity index (χ4n) is 2.02. The van der Waals surface area contributed by atoms with Crippen molar-refractivity contribution in [1.29, 1.82) is 0 Å². The summed E-state index contributed by atoms with van der Waals surface area (Å²) in [7, 11) is 0. The van der Waals surface area contributed by atoms with Crippen molar-refractivity contribution in [3.63, 3.8) is 0 Å². The van der Waals surface area contributed by atoms with Gasteiger partial charge in [0.1, 0.15) is 6.04 Å². The van der Waals surface area contributed by atoms with E-state index in [4.69, 9.17) is 0 Å². The number of fused-ring (bicyclic) bond motifs is 1. The molecule has 84 valence electrons. The van der Waals surface area contributed by atoms with Crippen LogP contribution in [0.3, 0.4) is 0 Å². The first-order valence-electron chi connectivity index (χ1n) is 5.56. The van der Waals surface area contributed by atoms with Gasteiger partial charge in [0.2, 0.25) is 0 Å². The monoisotopic (exact) mass is 224 g/mol. The van der Waals surface area contributed by atoms with Crippen LogP contribution >= 0.6 is 0 Å². The molecule has 0 aromatic heterocycles. The van der Waals surface area contributed by atoms with E-state index in [1.807, 2.05) is 54.6 Å². The van der Waals surface area contributed by atoms with Crippen molar-refractivity contribution in [2.24, 2.45) is 0 Å². The fraction of sp³-hybridized carbons (Fsp3) is 0.0714. The van der Waals surface area contributed by atoms with Crippen LogP contribution in [0, 0.1) is 0 Å². The minimum atomic E-state index is -0.314. The molecule has 3 nitrogen and oxygen atoms in total. The standard InChI is InChI=1S/C14H12N2O/c17-14-13(10-6-2-1-3-7-10)15-11-8-4-5-9-12(11)16-14/h1-9,13,15H,(H,16,17)/t13-/m1/s1. The van der Waals surface area contributed by atoms with Gasteiger partial charge in [-0.15, -0.1) is 0 Å². The van der Waals surface area contributed by atoms with Crippen LogP contribution in [0.4, 0.5) is 11.4 Å². The third-order valence-electron chi connectivity index (χ3n) is 2.88. The Hall–Kier alpha value is -2.29. The van der Waals surface area contributed by atoms with Gasteiger partial charge in [0.15, 0.2) is 0 Å². The quantitative estimate of drug-likeness (QED) is 0.782. The van der Waals surface area contributed by atoms with Crippen molar-refractivity contribution in [2.75, 3.05) is 10.6 Å². The van der Waals surface area contributed by atoms with Gasteiger partial charge in [-0.25, -0.2) is 0 Å². The van der Waals surface area contributed by atoms with E-state index in [1.165, 1.54) is 0 Å². The summed E-state index contributed by atoms with van der Waals surface area (Å²) < 4.78 is 0. The Bertz CT molecular complexity index is 551. The molecule has 0 saturated heterocycles. The second kappa shape index (κ2) is 3.94. The molecule has 17 heavy (non-hydrogen) atoms. The molecule has 0 fully saturated rings. The molecule has 2 aromatic rings. The third-order valence-corrected chi connectivity index (χ3v) is 2.88. The maximum atomic E-state index is 12.0. The molecular weight excluding hydrogens is 212 g/mol. The maximum absolute atomic E-state index is 12.0. The molecular formula is C14H12N2O. The highest BCUT2D eigenvalue weighted by molar-refractivity contribution is 6.03. The van der Waals surface area contributed by atoms with Crippen LogP contribution in [0.5, 0.6) is 0 Å². The molecule has 0 spiro atoms. The number of hydrogen-bond acceptors (Lipinski definition) is 2. The Kier molecular flexibility index (Phi) is 2.29. The van der Waals surface area contributed by atoms with Crippen LogP contribution in [-0.4, -0.2) is 5.91 Å². The largest absolute Gasteiger partial charge is 0.368 e. The zero-order chi connectivity index (χ0) is 11.7. The van der Waals surface area contributed by atoms with Gasteiger partial charge in [0.05, 0.1) is 11.4 Å². The van der Waals surface area contributed by atoms with Crippen LogP contribution in [0.25, 0.3) is 0 Å². The molecule has 0 saturated carbocycles. The van der Waals surface area contributed by atoms with Crippen LogP contribution in [0.2, 0.25) is 0 Å². The summed E-state index contributed by atoms with van der Waals surface area (Å²) in [4.78, 5) is 12.0. The average Bonchev–Trinajstić information content (AvgIpc) is 2.39. The topological polar surface area (TPSA) is 41.1 Å². The number of rotatable bonds is 1. The lowest BCUT2D eigenvalue weighted by molar-refractivity contribution is -0.117. The summed E-state index contributed by atoms with van der Waals surface area (Å²) >= 11 is 0. The van der Waals surface area contributed by atoms with Crippen molar-refractivity contribution in [2.45, 2.75) is 6.04 Å². The zero-order valence-electron chi connectivity index (χ0n) is 9.18. The Morgan fingerprint density at radius 2 is 1.47 bits per heavy atom. The molecule has 1 heterocycles. The first kappa shape index (κ1) is 9.90. The predicted octanol–water partition coefficient (Wildman–Crippen LogP) is 2.79. The molecule has 1 aliphatic rings. The molecule has 3 rings (SSSR count). The van der Waals surface area contributed by atoms with E-state index in [0.29, 0.717) is 0 Å². The number of hydrogen-bond donors (Lipinski definition) is 2. The van der Waals surface area contributed by atoms with Gasteiger partial charge < -0.3 is 10.6 Å². The van der Waals surface area contributed by atoms with Crippen molar-refractivity contribution in [3.05, 3.63) is 60.2 Å². The molecule has 0 radical (unpaired) electrons. The summed E-state index contributed by atoms with van der Waals surface area (Å²) in [6, 6.07) is 17.1. The Morgan fingerprint density at radius 3 is 2.24 bits per heavy atom. The number of anilines is 2. The number of carbonyl (C=O) groups excluding carboxylic acids is 1. The summed E-state index contributed by atoms with van der Waals surface area (Å²) in [5.74, 6) is -0.0186. The average molecular weight is 224 g/mol. The van der Waals surface area contributed by atoms with E-state index >= 15 is 0 Å². The van der Waals surface area contributed by atoms with E-state index in [9.17, 15) is 4.79 Å². The first-order valence-corrected chi connectivity index (χ1v) is 5.56. The highest BCUT2D eigenvalue weighted by Gasteiger charge is 2.25. The van der Waals surface area contributed by atoms with Gasteiger partial charge in [-0.2, -0.15) is 0 Å². The number of carbonyl (C=O) groups is 1. The van der Waals surface area contributed by atoms with Crippen LogP contribution in [-0.2, 0) is 4.79 Å². The van der Waals surface area contributed by atoms with Crippen LogP contribution in [0.15, 0.2) is 54.6 Å². The van der Waals surface area contributed by atoms with E-state index in [2.05, 4.69) is 10.6 Å². The number of nitrogens with one attached hydrogen (secondary N) is 2. The van der Waals surface area contributed by atoms with Crippen LogP contribution in [0.1, 0.15) is 11.6 Å². The van der Waals surface area contributed by atoms with E-state index in [1.54, 1.807) is 0 Å². The van der Waals surface area contributed by atoms with Gasteiger partial charge in [0, 0.05) is 0 Å². The second-order valence-corrected chi connectivity index (χ2v) is 4.02. The highest BCUT2D eigenvalue weighted by Crippen LogP contribution is 2.31. The summed E-state index contributed by atoms with van der Waals surface area (Å²) in [6.07, 6.45) is 0. The highest BCUT2D eigenvalue weighted by atomic mass is 16.2. The molecule has 2 aromatic carbocycles. The van der Waals surface area contributed by atoms with Crippen molar-refractivity contribution in [3.8, 4) is 0 Å². The lowest BCUT2D eigenvalue weighted by atomic mass is 10.0. The molecule has 3 heteroatoms. The molecule has 0 bridgehead atoms. The van der Waals surface area contributed by atoms with Gasteiger partial charge in [0.25, 0.3) is 5.91 Å². The Labute approximate surface area is 99.5 Å². The van der Waals surface area contributed by atoms with E-state index in [-0.39, 0.29) is 11.9 Å². The summed E-state index contributed by atoms with van der Waals surface area (Å²) in [6.45, 7) is 0. The van der Waals surface area contributed by atoms with Crippen molar-refractivity contribution >= 4 is 17.3 Å². The predicted molar refractivity (Wildman–Crippen MR) is 67.9 cm³/mol. The normalized spacial score (nSPS) is 17.9. The SMILES string of the molecule is O=C1Nc2ccccc2N[C@@H]1c1ccccc1. The molecule has 1 aliphatic heterocycles. The minimum absolute atomic E-state index is 0.0186. The Balaban J connectivity index is 1.98. The fourth-order valence-corrected chi connectivity index (χ4v) is 2.02. The number of amides is 1. The number of benzene rings is 2. The van der Waals surface area contributed by atoms with E-state index in [0.717, 1.165) is 16.9 Å². The van der Waals surface area contributed by atoms with Gasteiger partial charge >= 0.3 is 0 Å². The first-order chi connectivity index (χ1) is 8.34. The third kappa shape index (κ3) is 1.76. The smallest absolute Gasteiger partial charge is 0.251 e. The zero-order valence-corrected chi connectivity index (χ0v) is 9.18. The molecule has 1 amide bonds. The maximum Gasteiger partial charge on any atom is 0.251 e. The molecule has 1 atom stereocenters. The second-order valence-electron chi connectivity index (χ2n) is 4.02. The van der Waals surface area contributed by atoms with E-state index < -0.39 is 0 Å². The van der Waals surface area contributed by atoms with Crippen molar-refractivity contribution < 1.29 is 4.79 Å². The molecule has 0 unspecified atom stereocenters. The lowest BCUT2D eigenvalue weighted by Gasteiger charge is -2.26. The van der Waals surface area contributed by atoms with Gasteiger partial charge in [-0.05, 0) is 17.7 Å². The minimum Gasteiger partial charge on any atom is -0.368 e. The molecule has 2 N–H and O–H groups in total. The van der Waals surface area contributed by atoms with Crippen molar-refractivity contribution in [1.82, 2.24) is 0 Å². The Morgan fingerprint density at radius 1 is 0.824 bits per heavy atom. The molecule has 0 aliphatic carbocycles.